The van der Waals surface area contributed by atoms with Gasteiger partial charge in [0.15, 0.2) is 11.6 Å². The van der Waals surface area contributed by atoms with Gasteiger partial charge < -0.3 is 19.9 Å². The number of methoxy groups -OCH3 is 1. The number of piperazine rings is 1. The van der Waals surface area contributed by atoms with E-state index in [0.29, 0.717) is 32.0 Å². The fourth-order valence-electron chi connectivity index (χ4n) is 3.45. The normalized spacial score (nSPS) is 13.9. The van der Waals surface area contributed by atoms with E-state index in [4.69, 9.17) is 4.74 Å². The average Bonchev–Trinajstić information content (AvgIpc) is 2.83. The Labute approximate surface area is 187 Å². The number of nitrogens with zero attached hydrogens (tertiary/aromatic N) is 5. The second-order valence-electron chi connectivity index (χ2n) is 7.48. The third-order valence-electron chi connectivity index (χ3n) is 5.24. The molecule has 1 N–H and O–H groups in total. The maximum atomic E-state index is 12.5. The van der Waals surface area contributed by atoms with Gasteiger partial charge in [0.1, 0.15) is 11.6 Å². The third kappa shape index (κ3) is 5.40. The van der Waals surface area contributed by atoms with Crippen LogP contribution in [0.4, 0.5) is 17.5 Å². The Hall–Kier alpha value is -3.94. The largest absolute Gasteiger partial charge is 0.497 e. The molecule has 0 saturated carbocycles. The number of hydrogen-bond acceptors (Lipinski definition) is 7. The van der Waals surface area contributed by atoms with Crippen LogP contribution in [-0.4, -0.2) is 59.3 Å². The molecule has 0 spiro atoms. The number of pyridine rings is 1. The summed E-state index contributed by atoms with van der Waals surface area (Å²) in [5.74, 6) is 2.99. The van der Waals surface area contributed by atoms with Crippen LogP contribution in [0, 0.1) is 6.92 Å². The molecule has 164 valence electrons. The Morgan fingerprint density at radius 1 is 0.969 bits per heavy atom. The van der Waals surface area contributed by atoms with Crippen molar-refractivity contribution in [2.24, 2.45) is 0 Å². The summed E-state index contributed by atoms with van der Waals surface area (Å²) >= 11 is 0. The number of amides is 1. The fourth-order valence-corrected chi connectivity index (χ4v) is 3.45. The lowest BCUT2D eigenvalue weighted by Crippen LogP contribution is -2.48. The van der Waals surface area contributed by atoms with Crippen LogP contribution in [0.25, 0.3) is 6.08 Å². The number of aryl methyl sites for hydroxylation is 1. The monoisotopic (exact) mass is 430 g/mol. The summed E-state index contributed by atoms with van der Waals surface area (Å²) in [5.41, 5.74) is 1.90. The molecule has 0 radical (unpaired) electrons. The van der Waals surface area contributed by atoms with Gasteiger partial charge in [0.25, 0.3) is 0 Å². The Kier molecular flexibility index (Phi) is 6.60. The number of benzene rings is 1. The maximum absolute atomic E-state index is 12.5. The second kappa shape index (κ2) is 9.91. The first-order valence-electron chi connectivity index (χ1n) is 10.5. The number of nitrogens with one attached hydrogen (secondary N) is 1. The van der Waals surface area contributed by atoms with E-state index in [-0.39, 0.29) is 5.91 Å². The van der Waals surface area contributed by atoms with Gasteiger partial charge in [0, 0.05) is 37.9 Å². The maximum Gasteiger partial charge on any atom is 0.246 e. The molecule has 1 aliphatic rings. The van der Waals surface area contributed by atoms with Gasteiger partial charge in [-0.1, -0.05) is 18.2 Å². The molecular formula is C24H26N6O2. The number of anilines is 3. The lowest BCUT2D eigenvalue weighted by atomic mass is 10.2. The summed E-state index contributed by atoms with van der Waals surface area (Å²) in [4.78, 5) is 20.9. The van der Waals surface area contributed by atoms with Crippen molar-refractivity contribution < 1.29 is 9.53 Å². The minimum Gasteiger partial charge on any atom is -0.497 e. The second-order valence-corrected chi connectivity index (χ2v) is 7.48. The minimum absolute atomic E-state index is 0.0109. The highest BCUT2D eigenvalue weighted by Gasteiger charge is 2.20. The Balaban J connectivity index is 1.29. The van der Waals surface area contributed by atoms with Gasteiger partial charge in [-0.15, -0.1) is 10.2 Å². The molecule has 0 aliphatic carbocycles. The topological polar surface area (TPSA) is 83.5 Å². The summed E-state index contributed by atoms with van der Waals surface area (Å²) in [7, 11) is 1.63. The zero-order chi connectivity index (χ0) is 22.3. The zero-order valence-corrected chi connectivity index (χ0v) is 18.2. The number of aromatic nitrogens is 3. The molecule has 3 heterocycles. The summed E-state index contributed by atoms with van der Waals surface area (Å²) in [5, 5.41) is 11.8. The first-order chi connectivity index (χ1) is 15.6. The highest BCUT2D eigenvalue weighted by atomic mass is 16.5. The van der Waals surface area contributed by atoms with E-state index in [1.807, 2.05) is 72.5 Å². The molecule has 1 aliphatic heterocycles. The highest BCUT2D eigenvalue weighted by Crippen LogP contribution is 2.17. The van der Waals surface area contributed by atoms with Crippen molar-refractivity contribution in [1.29, 1.82) is 0 Å². The zero-order valence-electron chi connectivity index (χ0n) is 18.2. The molecular weight excluding hydrogens is 404 g/mol. The summed E-state index contributed by atoms with van der Waals surface area (Å²) in [6.45, 7) is 4.65. The summed E-state index contributed by atoms with van der Waals surface area (Å²) in [6.07, 6.45) is 3.45. The van der Waals surface area contributed by atoms with E-state index in [1.165, 1.54) is 0 Å². The number of rotatable bonds is 6. The van der Waals surface area contributed by atoms with E-state index in [0.717, 1.165) is 28.6 Å². The van der Waals surface area contributed by atoms with Crippen LogP contribution in [-0.2, 0) is 4.79 Å². The molecule has 8 nitrogen and oxygen atoms in total. The first kappa shape index (κ1) is 21.3. The quantitative estimate of drug-likeness (QED) is 0.601. The summed E-state index contributed by atoms with van der Waals surface area (Å²) in [6, 6.07) is 17.2. The van der Waals surface area contributed by atoms with Crippen molar-refractivity contribution in [1.82, 2.24) is 20.1 Å². The lowest BCUT2D eigenvalue weighted by molar-refractivity contribution is -0.126. The molecule has 0 atom stereocenters. The van der Waals surface area contributed by atoms with E-state index >= 15 is 0 Å². The van der Waals surface area contributed by atoms with Crippen molar-refractivity contribution in [2.75, 3.05) is 43.5 Å². The molecule has 8 heteroatoms. The number of carbonyl (C=O) groups excluding carboxylic acids is 1. The van der Waals surface area contributed by atoms with Crippen molar-refractivity contribution >= 4 is 29.4 Å². The Morgan fingerprint density at radius 2 is 1.75 bits per heavy atom. The molecule has 4 rings (SSSR count). The molecule has 0 unspecified atom stereocenters. The van der Waals surface area contributed by atoms with Crippen LogP contribution in [0.2, 0.25) is 0 Å². The number of hydrogen-bond donors (Lipinski definition) is 1. The lowest BCUT2D eigenvalue weighted by Gasteiger charge is -2.34. The molecule has 32 heavy (non-hydrogen) atoms. The van der Waals surface area contributed by atoms with E-state index < -0.39 is 0 Å². The van der Waals surface area contributed by atoms with Crippen LogP contribution in [0.5, 0.6) is 5.75 Å². The average molecular weight is 431 g/mol. The van der Waals surface area contributed by atoms with E-state index in [9.17, 15) is 4.79 Å². The van der Waals surface area contributed by atoms with Crippen molar-refractivity contribution in [3.63, 3.8) is 0 Å². The van der Waals surface area contributed by atoms with Crippen LogP contribution in [0.1, 0.15) is 11.3 Å². The van der Waals surface area contributed by atoms with Crippen LogP contribution in [0.15, 0.2) is 60.7 Å². The van der Waals surface area contributed by atoms with Crippen LogP contribution >= 0.6 is 0 Å². The number of ether oxygens (including phenoxy) is 1. The first-order valence-corrected chi connectivity index (χ1v) is 10.5. The molecule has 0 bridgehead atoms. The SMILES string of the molecule is COc1ccc(/C=C/C(=O)N2CCN(c3ccc(Nc4cccc(C)n4)nn3)CC2)cc1. The molecule has 1 saturated heterocycles. The van der Waals surface area contributed by atoms with Gasteiger partial charge in [-0.3, -0.25) is 4.79 Å². The molecule has 1 amide bonds. The van der Waals surface area contributed by atoms with Gasteiger partial charge in [0.05, 0.1) is 7.11 Å². The highest BCUT2D eigenvalue weighted by molar-refractivity contribution is 5.92. The van der Waals surface area contributed by atoms with Gasteiger partial charge in [-0.25, -0.2) is 4.98 Å². The standard InChI is InChI=1S/C24H26N6O2/c1-18-4-3-5-21(25-18)26-22-11-12-23(28-27-22)29-14-16-30(17-15-29)24(31)13-8-19-6-9-20(32-2)10-7-19/h3-13H,14-17H2,1-2H3,(H,25,26,27)/b13-8+. The van der Waals surface area contributed by atoms with Gasteiger partial charge >= 0.3 is 0 Å². The molecule has 2 aromatic heterocycles. The van der Waals surface area contributed by atoms with Gasteiger partial charge in [-0.2, -0.15) is 0 Å². The van der Waals surface area contributed by atoms with Gasteiger partial charge in [0.2, 0.25) is 5.91 Å². The number of carbonyl (C=O) groups is 1. The van der Waals surface area contributed by atoms with E-state index in [1.54, 1.807) is 13.2 Å². The smallest absolute Gasteiger partial charge is 0.246 e. The van der Waals surface area contributed by atoms with Crippen molar-refractivity contribution in [3.05, 3.63) is 71.9 Å². The molecule has 1 aromatic carbocycles. The third-order valence-corrected chi connectivity index (χ3v) is 5.24. The van der Waals surface area contributed by atoms with Crippen molar-refractivity contribution in [2.45, 2.75) is 6.92 Å². The minimum atomic E-state index is 0.0109. The Morgan fingerprint density at radius 3 is 2.41 bits per heavy atom. The molecule has 1 fully saturated rings. The van der Waals surface area contributed by atoms with Crippen LogP contribution in [0.3, 0.4) is 0 Å². The predicted molar refractivity (Wildman–Crippen MR) is 125 cm³/mol. The van der Waals surface area contributed by atoms with Gasteiger partial charge in [-0.05, 0) is 55.0 Å². The fraction of sp³-hybridized carbons (Fsp3) is 0.250. The van der Waals surface area contributed by atoms with E-state index in [2.05, 4.69) is 25.4 Å². The summed E-state index contributed by atoms with van der Waals surface area (Å²) < 4.78 is 5.15. The Bertz CT molecular complexity index is 1070. The van der Waals surface area contributed by atoms with Crippen molar-refractivity contribution in [3.8, 4) is 5.75 Å². The predicted octanol–water partition coefficient (Wildman–Crippen LogP) is 3.29. The van der Waals surface area contributed by atoms with Crippen LogP contribution < -0.4 is 15.0 Å². The molecule has 3 aromatic rings.